The monoisotopic (exact) mass is 179 g/mol. The first kappa shape index (κ1) is 9.86. The van der Waals surface area contributed by atoms with Gasteiger partial charge in [0.1, 0.15) is 0 Å². The number of benzene rings is 1. The minimum atomic E-state index is 0.707. The SMILES string of the molecule is Cc1ccc(N)c(NCCCN)c1. The Morgan fingerprint density at radius 3 is 2.85 bits per heavy atom. The predicted octanol–water partition coefficient (Wildman–Crippen LogP) is 1.34. The topological polar surface area (TPSA) is 64.1 Å². The van der Waals surface area contributed by atoms with E-state index >= 15 is 0 Å². The summed E-state index contributed by atoms with van der Waals surface area (Å²) in [6.07, 6.45) is 0.966. The van der Waals surface area contributed by atoms with Crippen molar-refractivity contribution in [3.05, 3.63) is 23.8 Å². The fourth-order valence-electron chi connectivity index (χ4n) is 1.15. The third-order valence-electron chi connectivity index (χ3n) is 1.91. The van der Waals surface area contributed by atoms with E-state index in [0.717, 1.165) is 24.3 Å². The van der Waals surface area contributed by atoms with E-state index in [4.69, 9.17) is 11.5 Å². The van der Waals surface area contributed by atoms with Crippen molar-refractivity contribution in [3.8, 4) is 0 Å². The first-order valence-corrected chi connectivity index (χ1v) is 4.54. The third kappa shape index (κ3) is 2.95. The van der Waals surface area contributed by atoms with Crippen LogP contribution < -0.4 is 16.8 Å². The van der Waals surface area contributed by atoms with Crippen molar-refractivity contribution in [2.24, 2.45) is 5.73 Å². The van der Waals surface area contributed by atoms with Crippen LogP contribution in [0.25, 0.3) is 0 Å². The molecule has 1 aromatic carbocycles. The van der Waals surface area contributed by atoms with Crippen LogP contribution in [0.4, 0.5) is 11.4 Å². The van der Waals surface area contributed by atoms with Gasteiger partial charge in [-0.3, -0.25) is 0 Å². The molecule has 0 amide bonds. The van der Waals surface area contributed by atoms with E-state index in [9.17, 15) is 0 Å². The Morgan fingerprint density at radius 2 is 2.15 bits per heavy atom. The highest BCUT2D eigenvalue weighted by Gasteiger charge is 1.97. The molecule has 0 aliphatic rings. The standard InChI is InChI=1S/C10H17N3/c1-8-3-4-9(12)10(7-8)13-6-2-5-11/h3-4,7,13H,2,5-6,11-12H2,1H3. The summed E-state index contributed by atoms with van der Waals surface area (Å²) in [6.45, 7) is 3.64. The number of aryl methyl sites for hydroxylation is 1. The molecule has 0 heterocycles. The van der Waals surface area contributed by atoms with Crippen LogP contribution in [0, 0.1) is 6.92 Å². The summed E-state index contributed by atoms with van der Waals surface area (Å²) >= 11 is 0. The van der Waals surface area contributed by atoms with Crippen molar-refractivity contribution < 1.29 is 0 Å². The molecule has 0 fully saturated rings. The second-order valence-corrected chi connectivity index (χ2v) is 3.16. The van der Waals surface area contributed by atoms with Gasteiger partial charge in [0.25, 0.3) is 0 Å². The maximum absolute atomic E-state index is 5.78. The van der Waals surface area contributed by atoms with Gasteiger partial charge in [-0.05, 0) is 37.6 Å². The molecule has 0 aliphatic carbocycles. The summed E-state index contributed by atoms with van der Waals surface area (Å²) in [6, 6.07) is 5.97. The highest BCUT2D eigenvalue weighted by molar-refractivity contribution is 5.66. The number of hydrogen-bond donors (Lipinski definition) is 3. The summed E-state index contributed by atoms with van der Waals surface area (Å²) in [5.74, 6) is 0. The van der Waals surface area contributed by atoms with Crippen LogP contribution in [0.2, 0.25) is 0 Å². The van der Waals surface area contributed by atoms with E-state index in [2.05, 4.69) is 5.32 Å². The van der Waals surface area contributed by atoms with Gasteiger partial charge in [0.15, 0.2) is 0 Å². The van der Waals surface area contributed by atoms with Crippen molar-refractivity contribution >= 4 is 11.4 Å². The molecular weight excluding hydrogens is 162 g/mol. The maximum Gasteiger partial charge on any atom is 0.0576 e. The molecule has 0 aromatic heterocycles. The molecule has 0 spiro atoms. The molecule has 0 radical (unpaired) electrons. The zero-order chi connectivity index (χ0) is 9.68. The van der Waals surface area contributed by atoms with Crippen molar-refractivity contribution in [1.29, 1.82) is 0 Å². The lowest BCUT2D eigenvalue weighted by Crippen LogP contribution is -2.09. The van der Waals surface area contributed by atoms with Crippen LogP contribution in [0.15, 0.2) is 18.2 Å². The van der Waals surface area contributed by atoms with Crippen LogP contribution in [0.3, 0.4) is 0 Å². The van der Waals surface area contributed by atoms with Crippen LogP contribution in [-0.4, -0.2) is 13.1 Å². The van der Waals surface area contributed by atoms with Crippen LogP contribution in [0.5, 0.6) is 0 Å². The van der Waals surface area contributed by atoms with E-state index < -0.39 is 0 Å². The van der Waals surface area contributed by atoms with Crippen LogP contribution in [-0.2, 0) is 0 Å². The number of nitrogen functional groups attached to an aromatic ring is 1. The van der Waals surface area contributed by atoms with Gasteiger partial charge in [0, 0.05) is 6.54 Å². The Kier molecular flexibility index (Phi) is 3.58. The highest BCUT2D eigenvalue weighted by atomic mass is 14.9. The average molecular weight is 179 g/mol. The summed E-state index contributed by atoms with van der Waals surface area (Å²) < 4.78 is 0. The van der Waals surface area contributed by atoms with Crippen LogP contribution >= 0.6 is 0 Å². The lowest BCUT2D eigenvalue weighted by Gasteiger charge is -2.09. The number of rotatable bonds is 4. The van der Waals surface area contributed by atoms with Gasteiger partial charge in [0.05, 0.1) is 11.4 Å². The van der Waals surface area contributed by atoms with E-state index in [-0.39, 0.29) is 0 Å². The quantitative estimate of drug-likeness (QED) is 0.482. The summed E-state index contributed by atoms with van der Waals surface area (Å²) in [4.78, 5) is 0. The zero-order valence-electron chi connectivity index (χ0n) is 8.01. The normalized spacial score (nSPS) is 10.0. The molecule has 3 nitrogen and oxygen atoms in total. The third-order valence-corrected chi connectivity index (χ3v) is 1.91. The molecule has 5 N–H and O–H groups in total. The maximum atomic E-state index is 5.78. The molecule has 0 saturated carbocycles. The molecule has 1 rings (SSSR count). The second kappa shape index (κ2) is 4.72. The zero-order valence-corrected chi connectivity index (χ0v) is 8.01. The first-order valence-electron chi connectivity index (χ1n) is 4.54. The Bertz CT molecular complexity index is 271. The van der Waals surface area contributed by atoms with Gasteiger partial charge in [-0.25, -0.2) is 0 Å². The molecule has 0 unspecified atom stereocenters. The lowest BCUT2D eigenvalue weighted by molar-refractivity contribution is 0.874. The van der Waals surface area contributed by atoms with Crippen molar-refractivity contribution in [1.82, 2.24) is 0 Å². The molecule has 13 heavy (non-hydrogen) atoms. The Labute approximate surface area is 79.1 Å². The van der Waals surface area contributed by atoms with Crippen molar-refractivity contribution in [2.75, 3.05) is 24.1 Å². The Balaban J connectivity index is 2.59. The predicted molar refractivity (Wildman–Crippen MR) is 57.8 cm³/mol. The number of hydrogen-bond acceptors (Lipinski definition) is 3. The summed E-state index contributed by atoms with van der Waals surface area (Å²) in [5.41, 5.74) is 14.2. The summed E-state index contributed by atoms with van der Waals surface area (Å²) in [5, 5.41) is 3.25. The van der Waals surface area contributed by atoms with Gasteiger partial charge in [-0.15, -0.1) is 0 Å². The van der Waals surface area contributed by atoms with E-state index in [1.54, 1.807) is 0 Å². The number of anilines is 2. The summed E-state index contributed by atoms with van der Waals surface area (Å²) in [7, 11) is 0. The molecule has 3 heteroatoms. The second-order valence-electron chi connectivity index (χ2n) is 3.16. The fraction of sp³-hybridized carbons (Fsp3) is 0.400. The lowest BCUT2D eigenvalue weighted by atomic mass is 10.2. The van der Waals surface area contributed by atoms with E-state index in [0.29, 0.717) is 6.54 Å². The minimum absolute atomic E-state index is 0.707. The molecule has 1 aromatic rings. The van der Waals surface area contributed by atoms with Gasteiger partial charge in [-0.2, -0.15) is 0 Å². The first-order chi connectivity index (χ1) is 6.24. The molecule has 0 atom stereocenters. The van der Waals surface area contributed by atoms with Gasteiger partial charge < -0.3 is 16.8 Å². The largest absolute Gasteiger partial charge is 0.397 e. The Morgan fingerprint density at radius 1 is 1.38 bits per heavy atom. The molecular formula is C10H17N3. The fourth-order valence-corrected chi connectivity index (χ4v) is 1.15. The highest BCUT2D eigenvalue weighted by Crippen LogP contribution is 2.19. The van der Waals surface area contributed by atoms with Crippen LogP contribution in [0.1, 0.15) is 12.0 Å². The number of nitrogens with one attached hydrogen (secondary N) is 1. The molecule has 0 bridgehead atoms. The molecule has 0 saturated heterocycles. The average Bonchev–Trinajstić information content (AvgIpc) is 2.11. The van der Waals surface area contributed by atoms with Gasteiger partial charge in [-0.1, -0.05) is 6.07 Å². The van der Waals surface area contributed by atoms with E-state index in [1.165, 1.54) is 5.56 Å². The minimum Gasteiger partial charge on any atom is -0.397 e. The van der Waals surface area contributed by atoms with Crippen molar-refractivity contribution in [2.45, 2.75) is 13.3 Å². The van der Waals surface area contributed by atoms with Gasteiger partial charge >= 0.3 is 0 Å². The van der Waals surface area contributed by atoms with E-state index in [1.807, 2.05) is 25.1 Å². The number of nitrogens with two attached hydrogens (primary N) is 2. The van der Waals surface area contributed by atoms with Crippen molar-refractivity contribution in [3.63, 3.8) is 0 Å². The Hall–Kier alpha value is -1.22. The molecule has 72 valence electrons. The molecule has 0 aliphatic heterocycles. The van der Waals surface area contributed by atoms with Gasteiger partial charge in [0.2, 0.25) is 0 Å². The smallest absolute Gasteiger partial charge is 0.0576 e.